The maximum atomic E-state index is 12.8. The molecule has 1 saturated carbocycles. The van der Waals surface area contributed by atoms with Crippen LogP contribution in [0.5, 0.6) is 0 Å². The average molecular weight is 332 g/mol. The van der Waals surface area contributed by atoms with E-state index in [9.17, 15) is 9.59 Å². The number of hydrogen-bond acceptors (Lipinski definition) is 4. The van der Waals surface area contributed by atoms with E-state index < -0.39 is 6.10 Å². The lowest BCUT2D eigenvalue weighted by Gasteiger charge is -2.34. The molecule has 6 heteroatoms. The lowest BCUT2D eigenvalue weighted by atomic mass is 9.89. The number of rotatable bonds is 4. The summed E-state index contributed by atoms with van der Waals surface area (Å²) in [7, 11) is 0. The number of ether oxygens (including phenoxy) is 1. The molecular formula is C18H24N2O4. The summed E-state index contributed by atoms with van der Waals surface area (Å²) < 4.78 is 11.3. The fourth-order valence-corrected chi connectivity index (χ4v) is 4.02. The number of carbonyl (C=O) groups is 2. The van der Waals surface area contributed by atoms with Crippen LogP contribution in [0, 0.1) is 5.92 Å². The Balaban J connectivity index is 1.34. The summed E-state index contributed by atoms with van der Waals surface area (Å²) in [6.45, 7) is 1.47. The first kappa shape index (κ1) is 15.7. The first-order chi connectivity index (χ1) is 11.6. The highest BCUT2D eigenvalue weighted by Crippen LogP contribution is 2.42. The van der Waals surface area contributed by atoms with Crippen molar-refractivity contribution >= 4 is 11.8 Å². The maximum Gasteiger partial charge on any atom is 0.257 e. The summed E-state index contributed by atoms with van der Waals surface area (Å²) in [5.74, 6) is 1.44. The summed E-state index contributed by atoms with van der Waals surface area (Å²) in [5.41, 5.74) is 6.06. The molecule has 24 heavy (non-hydrogen) atoms. The predicted octanol–water partition coefficient (Wildman–Crippen LogP) is 2.04. The maximum absolute atomic E-state index is 12.8. The Hall–Kier alpha value is -1.82. The first-order valence-electron chi connectivity index (χ1n) is 8.95. The van der Waals surface area contributed by atoms with Crippen LogP contribution in [0.1, 0.15) is 60.6 Å². The number of furan rings is 1. The van der Waals surface area contributed by atoms with Crippen LogP contribution >= 0.6 is 0 Å². The average Bonchev–Trinajstić information content (AvgIpc) is 3.13. The summed E-state index contributed by atoms with van der Waals surface area (Å²) >= 11 is 0. The van der Waals surface area contributed by atoms with E-state index in [1.807, 2.05) is 4.90 Å². The third-order valence-electron chi connectivity index (χ3n) is 5.60. The quantitative estimate of drug-likeness (QED) is 0.914. The van der Waals surface area contributed by atoms with Gasteiger partial charge in [0.15, 0.2) is 0 Å². The molecule has 0 unspecified atom stereocenters. The molecule has 2 N–H and O–H groups in total. The van der Waals surface area contributed by atoms with Crippen molar-refractivity contribution < 1.29 is 18.7 Å². The highest BCUT2D eigenvalue weighted by atomic mass is 16.5. The number of nitrogens with two attached hydrogens (primary N) is 1. The normalized spacial score (nSPS) is 28.2. The minimum atomic E-state index is -0.429. The van der Waals surface area contributed by atoms with Crippen LogP contribution in [0.3, 0.4) is 0 Å². The van der Waals surface area contributed by atoms with E-state index in [1.165, 1.54) is 0 Å². The van der Waals surface area contributed by atoms with Gasteiger partial charge < -0.3 is 19.8 Å². The van der Waals surface area contributed by atoms with Crippen LogP contribution in [0.4, 0.5) is 0 Å². The SMILES string of the molecule is NC(=O)[C@H]1CC[C@@H](C2CCN(C(=O)c3ccoc3C3CC3)CC2)O1. The molecule has 0 spiro atoms. The second kappa shape index (κ2) is 6.24. The molecule has 130 valence electrons. The minimum Gasteiger partial charge on any atom is -0.468 e. The number of amides is 2. The molecule has 1 aromatic rings. The van der Waals surface area contributed by atoms with Crippen LogP contribution in [-0.4, -0.2) is 42.0 Å². The lowest BCUT2D eigenvalue weighted by molar-refractivity contribution is -0.130. The molecule has 2 saturated heterocycles. The van der Waals surface area contributed by atoms with Crippen molar-refractivity contribution in [2.75, 3.05) is 13.1 Å². The van der Waals surface area contributed by atoms with Crippen LogP contribution in [0.25, 0.3) is 0 Å². The second-order valence-electron chi connectivity index (χ2n) is 7.25. The van der Waals surface area contributed by atoms with Gasteiger partial charge in [-0.1, -0.05) is 0 Å². The van der Waals surface area contributed by atoms with Gasteiger partial charge in [-0.25, -0.2) is 0 Å². The summed E-state index contributed by atoms with van der Waals surface area (Å²) in [5, 5.41) is 0. The molecule has 0 bridgehead atoms. The van der Waals surface area contributed by atoms with Gasteiger partial charge in [0.1, 0.15) is 11.9 Å². The van der Waals surface area contributed by atoms with Gasteiger partial charge in [0.2, 0.25) is 5.91 Å². The van der Waals surface area contributed by atoms with E-state index in [0.717, 1.165) is 62.9 Å². The van der Waals surface area contributed by atoms with Gasteiger partial charge in [0, 0.05) is 19.0 Å². The predicted molar refractivity (Wildman–Crippen MR) is 86.4 cm³/mol. The number of carbonyl (C=O) groups excluding carboxylic acids is 2. The fraction of sp³-hybridized carbons (Fsp3) is 0.667. The van der Waals surface area contributed by atoms with Crippen molar-refractivity contribution in [1.82, 2.24) is 4.90 Å². The van der Waals surface area contributed by atoms with Crippen LogP contribution in [-0.2, 0) is 9.53 Å². The zero-order chi connectivity index (χ0) is 16.7. The molecule has 2 amide bonds. The topological polar surface area (TPSA) is 85.8 Å². The smallest absolute Gasteiger partial charge is 0.257 e. The summed E-state index contributed by atoms with van der Waals surface area (Å²) in [6.07, 6.45) is 6.99. The number of nitrogens with zero attached hydrogens (tertiary/aromatic N) is 1. The molecule has 2 aliphatic heterocycles. The van der Waals surface area contributed by atoms with Crippen molar-refractivity contribution in [1.29, 1.82) is 0 Å². The standard InChI is InChI=1S/C18H24N2O4/c19-17(21)15-4-3-14(24-15)11-5-8-20(9-6-11)18(22)13-7-10-23-16(13)12-1-2-12/h7,10-12,14-15H,1-6,8-9H2,(H2,19,21)/t14-,15+/m0/s1. The molecule has 1 aromatic heterocycles. The lowest BCUT2D eigenvalue weighted by Crippen LogP contribution is -2.41. The van der Waals surface area contributed by atoms with Crippen molar-refractivity contribution in [3.8, 4) is 0 Å². The molecule has 0 aromatic carbocycles. The van der Waals surface area contributed by atoms with Gasteiger partial charge in [-0.3, -0.25) is 9.59 Å². The number of likely N-dealkylation sites (tertiary alicyclic amines) is 1. The van der Waals surface area contributed by atoms with Crippen LogP contribution in [0.15, 0.2) is 16.7 Å². The van der Waals surface area contributed by atoms with E-state index in [2.05, 4.69) is 0 Å². The minimum absolute atomic E-state index is 0.0893. The summed E-state index contributed by atoms with van der Waals surface area (Å²) in [6, 6.07) is 1.81. The number of hydrogen-bond donors (Lipinski definition) is 1. The number of primary amides is 1. The van der Waals surface area contributed by atoms with Crippen molar-refractivity contribution in [2.24, 2.45) is 11.7 Å². The first-order valence-corrected chi connectivity index (χ1v) is 8.95. The Labute approximate surface area is 141 Å². The molecular weight excluding hydrogens is 308 g/mol. The molecule has 3 aliphatic rings. The molecule has 2 atom stereocenters. The van der Waals surface area contributed by atoms with Crippen molar-refractivity contribution in [2.45, 2.75) is 56.7 Å². The van der Waals surface area contributed by atoms with E-state index in [1.54, 1.807) is 12.3 Å². The van der Waals surface area contributed by atoms with Gasteiger partial charge in [0.25, 0.3) is 5.91 Å². The monoisotopic (exact) mass is 332 g/mol. The highest BCUT2D eigenvalue weighted by molar-refractivity contribution is 5.95. The van der Waals surface area contributed by atoms with Gasteiger partial charge in [-0.15, -0.1) is 0 Å². The van der Waals surface area contributed by atoms with Crippen LogP contribution < -0.4 is 5.73 Å². The molecule has 0 radical (unpaired) electrons. The Bertz CT molecular complexity index is 629. The Kier molecular flexibility index (Phi) is 4.08. The van der Waals surface area contributed by atoms with Crippen molar-refractivity contribution in [3.05, 3.63) is 23.7 Å². The third kappa shape index (κ3) is 2.95. The highest BCUT2D eigenvalue weighted by Gasteiger charge is 2.38. The zero-order valence-electron chi connectivity index (χ0n) is 13.8. The van der Waals surface area contributed by atoms with E-state index in [4.69, 9.17) is 14.9 Å². The van der Waals surface area contributed by atoms with Gasteiger partial charge in [-0.05, 0) is 50.5 Å². The Morgan fingerprint density at radius 1 is 1.08 bits per heavy atom. The van der Waals surface area contributed by atoms with Crippen LogP contribution in [0.2, 0.25) is 0 Å². The molecule has 1 aliphatic carbocycles. The van der Waals surface area contributed by atoms with E-state index in [-0.39, 0.29) is 17.9 Å². The van der Waals surface area contributed by atoms with Crippen molar-refractivity contribution in [3.63, 3.8) is 0 Å². The van der Waals surface area contributed by atoms with Gasteiger partial charge in [-0.2, -0.15) is 0 Å². The molecule has 3 heterocycles. The fourth-order valence-electron chi connectivity index (χ4n) is 4.02. The molecule has 6 nitrogen and oxygen atoms in total. The largest absolute Gasteiger partial charge is 0.468 e. The number of piperidine rings is 1. The molecule has 3 fully saturated rings. The van der Waals surface area contributed by atoms with E-state index in [0.29, 0.717) is 11.8 Å². The Morgan fingerprint density at radius 3 is 2.46 bits per heavy atom. The molecule has 4 rings (SSSR count). The Morgan fingerprint density at radius 2 is 1.83 bits per heavy atom. The zero-order valence-corrected chi connectivity index (χ0v) is 13.8. The van der Waals surface area contributed by atoms with E-state index >= 15 is 0 Å². The van der Waals surface area contributed by atoms with Gasteiger partial charge in [0.05, 0.1) is 17.9 Å². The second-order valence-corrected chi connectivity index (χ2v) is 7.25. The third-order valence-corrected chi connectivity index (χ3v) is 5.60. The van der Waals surface area contributed by atoms with Gasteiger partial charge >= 0.3 is 0 Å². The summed E-state index contributed by atoms with van der Waals surface area (Å²) in [4.78, 5) is 25.9.